The number of carbonyl (C=O) groups is 1. The van der Waals surface area contributed by atoms with Crippen LogP contribution in [0.4, 0.5) is 14.5 Å². The van der Waals surface area contributed by atoms with Crippen LogP contribution in [0.5, 0.6) is 0 Å². The highest BCUT2D eigenvalue weighted by Crippen LogP contribution is 2.25. The molecular weight excluding hydrogens is 410 g/mol. The second-order valence-electron chi connectivity index (χ2n) is 4.74. The molecule has 0 radical (unpaired) electrons. The first-order valence-electron chi connectivity index (χ1n) is 6.13. The standard InChI is InChI=1S/C14H12Br2F2N2O/c1-7(2)20-6-9(16)5-12(20)14(21)19-13-10(17)3-8(15)4-11(13)18/h3-7H,1-2H3,(H,19,21). The minimum atomic E-state index is -0.836. The third-order valence-corrected chi connectivity index (χ3v) is 3.74. The lowest BCUT2D eigenvalue weighted by Crippen LogP contribution is -2.19. The summed E-state index contributed by atoms with van der Waals surface area (Å²) in [4.78, 5) is 12.2. The number of carbonyl (C=O) groups excluding carboxylic acids is 1. The van der Waals surface area contributed by atoms with Gasteiger partial charge in [0.25, 0.3) is 5.91 Å². The van der Waals surface area contributed by atoms with Gasteiger partial charge in [0.1, 0.15) is 11.4 Å². The Balaban J connectivity index is 2.35. The van der Waals surface area contributed by atoms with Gasteiger partial charge in [0.2, 0.25) is 0 Å². The van der Waals surface area contributed by atoms with Crippen LogP contribution in [0, 0.1) is 11.6 Å². The largest absolute Gasteiger partial charge is 0.340 e. The van der Waals surface area contributed by atoms with Gasteiger partial charge in [-0.3, -0.25) is 4.79 Å². The Bertz CT molecular complexity index is 675. The highest BCUT2D eigenvalue weighted by atomic mass is 79.9. The average molecular weight is 422 g/mol. The summed E-state index contributed by atoms with van der Waals surface area (Å²) in [5, 5.41) is 2.28. The minimum absolute atomic E-state index is 0.0386. The van der Waals surface area contributed by atoms with Crippen molar-refractivity contribution in [2.75, 3.05) is 5.32 Å². The zero-order valence-electron chi connectivity index (χ0n) is 11.3. The van der Waals surface area contributed by atoms with Gasteiger partial charge in [0.15, 0.2) is 11.6 Å². The maximum Gasteiger partial charge on any atom is 0.272 e. The summed E-state index contributed by atoms with van der Waals surface area (Å²) in [6, 6.07) is 3.83. The van der Waals surface area contributed by atoms with E-state index in [1.807, 2.05) is 13.8 Å². The maximum absolute atomic E-state index is 13.8. The monoisotopic (exact) mass is 420 g/mol. The molecule has 0 aliphatic heterocycles. The predicted octanol–water partition coefficient (Wildman–Crippen LogP) is 5.12. The van der Waals surface area contributed by atoms with Crippen molar-refractivity contribution in [2.24, 2.45) is 0 Å². The van der Waals surface area contributed by atoms with Crippen molar-refractivity contribution >= 4 is 43.5 Å². The summed E-state index contributed by atoms with van der Waals surface area (Å²) in [7, 11) is 0. The number of benzene rings is 1. The van der Waals surface area contributed by atoms with Gasteiger partial charge in [-0.15, -0.1) is 0 Å². The number of nitrogens with zero attached hydrogens (tertiary/aromatic N) is 1. The number of hydrogen-bond acceptors (Lipinski definition) is 1. The molecule has 1 amide bonds. The molecule has 1 heterocycles. The summed E-state index contributed by atoms with van der Waals surface area (Å²) in [6.07, 6.45) is 1.74. The first kappa shape index (κ1) is 16.2. The van der Waals surface area contributed by atoms with Crippen LogP contribution < -0.4 is 5.32 Å². The van der Waals surface area contributed by atoms with Gasteiger partial charge in [0.05, 0.1) is 0 Å². The molecule has 112 valence electrons. The topological polar surface area (TPSA) is 34.0 Å². The van der Waals surface area contributed by atoms with Gasteiger partial charge < -0.3 is 9.88 Å². The second-order valence-corrected chi connectivity index (χ2v) is 6.57. The average Bonchev–Trinajstić information content (AvgIpc) is 2.76. The number of nitrogens with one attached hydrogen (secondary N) is 1. The Morgan fingerprint density at radius 3 is 2.24 bits per heavy atom. The summed E-state index contributed by atoms with van der Waals surface area (Å²) in [5.74, 6) is -2.25. The first-order valence-corrected chi connectivity index (χ1v) is 7.71. The van der Waals surface area contributed by atoms with E-state index in [4.69, 9.17) is 0 Å². The minimum Gasteiger partial charge on any atom is -0.340 e. The Hall–Kier alpha value is -1.21. The molecule has 1 aromatic carbocycles. The van der Waals surface area contributed by atoms with Crippen LogP contribution in [0.3, 0.4) is 0 Å². The quantitative estimate of drug-likeness (QED) is 0.732. The summed E-state index contributed by atoms with van der Waals surface area (Å²) < 4.78 is 30.2. The molecule has 0 saturated heterocycles. The fourth-order valence-corrected chi connectivity index (χ4v) is 2.73. The van der Waals surface area contributed by atoms with E-state index in [0.29, 0.717) is 5.69 Å². The molecule has 21 heavy (non-hydrogen) atoms. The summed E-state index contributed by atoms with van der Waals surface area (Å²) in [6.45, 7) is 3.81. The van der Waals surface area contributed by atoms with E-state index < -0.39 is 23.2 Å². The van der Waals surface area contributed by atoms with Crippen molar-refractivity contribution in [1.29, 1.82) is 0 Å². The van der Waals surface area contributed by atoms with E-state index >= 15 is 0 Å². The van der Waals surface area contributed by atoms with Gasteiger partial charge in [-0.1, -0.05) is 15.9 Å². The van der Waals surface area contributed by atoms with Gasteiger partial charge in [-0.2, -0.15) is 0 Å². The fourth-order valence-electron chi connectivity index (χ4n) is 1.89. The number of anilines is 1. The summed E-state index contributed by atoms with van der Waals surface area (Å²) >= 11 is 6.28. The Labute approximate surface area is 137 Å². The maximum atomic E-state index is 13.8. The van der Waals surface area contributed by atoms with Crippen molar-refractivity contribution in [3.05, 3.63) is 50.7 Å². The number of aromatic nitrogens is 1. The fraction of sp³-hybridized carbons (Fsp3) is 0.214. The van der Waals surface area contributed by atoms with Crippen LogP contribution in [-0.2, 0) is 0 Å². The number of hydrogen-bond donors (Lipinski definition) is 1. The molecule has 0 unspecified atom stereocenters. The van der Waals surface area contributed by atoms with Crippen LogP contribution in [-0.4, -0.2) is 10.5 Å². The normalized spacial score (nSPS) is 11.0. The van der Waals surface area contributed by atoms with Crippen LogP contribution in [0.15, 0.2) is 33.3 Å². The Morgan fingerprint density at radius 1 is 1.14 bits per heavy atom. The second kappa shape index (κ2) is 6.27. The molecule has 0 fully saturated rings. The molecule has 1 N–H and O–H groups in total. The number of rotatable bonds is 3. The number of amides is 1. The molecule has 2 aromatic rings. The molecule has 2 rings (SSSR count). The van der Waals surface area contributed by atoms with Crippen molar-refractivity contribution < 1.29 is 13.6 Å². The molecule has 0 aliphatic carbocycles. The van der Waals surface area contributed by atoms with Crippen LogP contribution in [0.1, 0.15) is 30.4 Å². The molecule has 1 aromatic heterocycles. The van der Waals surface area contributed by atoms with E-state index in [1.54, 1.807) is 16.8 Å². The zero-order valence-corrected chi connectivity index (χ0v) is 14.4. The lowest BCUT2D eigenvalue weighted by atomic mass is 10.2. The van der Waals surface area contributed by atoms with Gasteiger partial charge in [-0.05, 0) is 48.0 Å². The molecule has 0 bridgehead atoms. The van der Waals surface area contributed by atoms with E-state index in [-0.39, 0.29) is 10.5 Å². The van der Waals surface area contributed by atoms with Gasteiger partial charge in [-0.25, -0.2) is 8.78 Å². The lowest BCUT2D eigenvalue weighted by Gasteiger charge is -2.13. The molecule has 0 atom stereocenters. The predicted molar refractivity (Wildman–Crippen MR) is 84.5 cm³/mol. The highest BCUT2D eigenvalue weighted by Gasteiger charge is 2.19. The van der Waals surface area contributed by atoms with E-state index in [0.717, 1.165) is 16.6 Å². The molecular formula is C14H12Br2F2N2O. The van der Waals surface area contributed by atoms with E-state index in [2.05, 4.69) is 37.2 Å². The van der Waals surface area contributed by atoms with E-state index in [9.17, 15) is 13.6 Å². The molecule has 0 spiro atoms. The molecule has 0 aliphatic rings. The van der Waals surface area contributed by atoms with Crippen molar-refractivity contribution in [3.8, 4) is 0 Å². The molecule has 0 saturated carbocycles. The van der Waals surface area contributed by atoms with Gasteiger partial charge in [0, 0.05) is 21.2 Å². The van der Waals surface area contributed by atoms with Crippen LogP contribution in [0.25, 0.3) is 0 Å². The Morgan fingerprint density at radius 2 is 1.71 bits per heavy atom. The van der Waals surface area contributed by atoms with Gasteiger partial charge >= 0.3 is 0 Å². The number of halogens is 4. The zero-order chi connectivity index (χ0) is 15.7. The Kier molecular flexibility index (Phi) is 4.83. The van der Waals surface area contributed by atoms with Crippen molar-refractivity contribution in [2.45, 2.75) is 19.9 Å². The van der Waals surface area contributed by atoms with E-state index in [1.165, 1.54) is 0 Å². The highest BCUT2D eigenvalue weighted by molar-refractivity contribution is 9.10. The lowest BCUT2D eigenvalue weighted by molar-refractivity contribution is 0.101. The molecule has 3 nitrogen and oxygen atoms in total. The van der Waals surface area contributed by atoms with Crippen molar-refractivity contribution in [3.63, 3.8) is 0 Å². The van der Waals surface area contributed by atoms with Crippen LogP contribution in [0.2, 0.25) is 0 Å². The SMILES string of the molecule is CC(C)n1cc(Br)cc1C(=O)Nc1c(F)cc(Br)cc1F. The smallest absolute Gasteiger partial charge is 0.272 e. The molecule has 7 heteroatoms. The van der Waals surface area contributed by atoms with Crippen molar-refractivity contribution in [1.82, 2.24) is 4.57 Å². The summed E-state index contributed by atoms with van der Waals surface area (Å²) in [5.41, 5.74) is -0.144. The first-order chi connectivity index (χ1) is 9.79. The third-order valence-electron chi connectivity index (χ3n) is 2.85. The van der Waals surface area contributed by atoms with Crippen LogP contribution >= 0.6 is 31.9 Å². The third kappa shape index (κ3) is 3.52.